The fourth-order valence-electron chi connectivity index (χ4n) is 6.55. The fraction of sp³-hybridized carbons (Fsp3) is 0.143. The van der Waals surface area contributed by atoms with Crippen LogP contribution in [0.4, 0.5) is 0 Å². The first kappa shape index (κ1) is 30.8. The van der Waals surface area contributed by atoms with Gasteiger partial charge in [-0.15, -0.1) is 0 Å². The molecule has 0 aliphatic carbocycles. The van der Waals surface area contributed by atoms with Gasteiger partial charge in [0.2, 0.25) is 0 Å². The fourth-order valence-corrected chi connectivity index (χ4v) is 6.55. The largest absolute Gasteiger partial charge is 0.265 e. The smallest absolute Gasteiger partial charge is 0.174 e. The molecule has 7 rings (SSSR count). The molecule has 0 atom stereocenters. The van der Waals surface area contributed by atoms with E-state index in [9.17, 15) is 0 Å². The summed E-state index contributed by atoms with van der Waals surface area (Å²) in [7, 11) is 0. The van der Waals surface area contributed by atoms with Crippen molar-refractivity contribution in [1.29, 1.82) is 0 Å². The molecule has 48 heavy (non-hydrogen) atoms. The highest BCUT2D eigenvalue weighted by Crippen LogP contribution is 2.28. The summed E-state index contributed by atoms with van der Waals surface area (Å²) in [6, 6.07) is 25.4. The van der Waals surface area contributed by atoms with Gasteiger partial charge in [-0.25, -0.2) is 13.7 Å². The van der Waals surface area contributed by atoms with Crippen molar-refractivity contribution in [3.05, 3.63) is 181 Å². The third kappa shape index (κ3) is 6.65. The lowest BCUT2D eigenvalue weighted by Gasteiger charge is -2.19. The standard InChI is InChI=1S/C42H39N6/c1-31-40(28-46-22-10-37(11-23-46)34-4-16-43-17-5-34)32(2)42(30-48-26-14-39(15-27-48)36-8-20-45-21-9-36)33(3)41(31)29-47-24-12-38(13-25-47)35-6-18-44-19-7-35/h4-27H,28-30H2,1-3H3/q+3. The average molecular weight is 628 g/mol. The van der Waals surface area contributed by atoms with Gasteiger partial charge in [0, 0.05) is 90.3 Å². The molecule has 234 valence electrons. The summed E-state index contributed by atoms with van der Waals surface area (Å²) in [4.78, 5) is 12.5. The zero-order valence-electron chi connectivity index (χ0n) is 27.7. The van der Waals surface area contributed by atoms with Crippen LogP contribution in [-0.2, 0) is 19.6 Å². The Bertz CT molecular complexity index is 1860. The van der Waals surface area contributed by atoms with Crippen LogP contribution >= 0.6 is 0 Å². The molecular formula is C42H39N6+3. The molecule has 0 aliphatic rings. The molecule has 0 radical (unpaired) electrons. The molecule has 0 amide bonds. The summed E-state index contributed by atoms with van der Waals surface area (Å²) in [5.74, 6) is 0. The molecule has 0 saturated carbocycles. The highest BCUT2D eigenvalue weighted by atomic mass is 14.9. The lowest BCUT2D eigenvalue weighted by molar-refractivity contribution is -0.690. The van der Waals surface area contributed by atoms with E-state index in [0.29, 0.717) is 0 Å². The predicted octanol–water partition coefficient (Wildman–Crippen LogP) is 6.81. The molecule has 1 aromatic carbocycles. The van der Waals surface area contributed by atoms with Crippen molar-refractivity contribution in [3.8, 4) is 33.4 Å². The number of nitrogens with zero attached hydrogens (tertiary/aromatic N) is 6. The van der Waals surface area contributed by atoms with Crippen LogP contribution in [0, 0.1) is 20.8 Å². The van der Waals surface area contributed by atoms with Gasteiger partial charge < -0.3 is 0 Å². The van der Waals surface area contributed by atoms with Gasteiger partial charge in [0.25, 0.3) is 0 Å². The van der Waals surface area contributed by atoms with Crippen molar-refractivity contribution in [1.82, 2.24) is 15.0 Å². The normalized spacial score (nSPS) is 11.1. The molecule has 0 unspecified atom stereocenters. The molecule has 0 bridgehead atoms. The Morgan fingerprint density at radius 1 is 0.333 bits per heavy atom. The molecule has 6 nitrogen and oxygen atoms in total. The van der Waals surface area contributed by atoms with E-state index in [1.54, 1.807) is 0 Å². The Morgan fingerprint density at radius 2 is 0.542 bits per heavy atom. The van der Waals surface area contributed by atoms with E-state index in [4.69, 9.17) is 0 Å². The molecule has 7 aromatic rings. The minimum Gasteiger partial charge on any atom is -0.265 e. The van der Waals surface area contributed by atoms with Gasteiger partial charge in [0.05, 0.1) is 0 Å². The first-order valence-electron chi connectivity index (χ1n) is 16.3. The Kier molecular flexibility index (Phi) is 8.88. The first-order chi connectivity index (χ1) is 23.5. The quantitative estimate of drug-likeness (QED) is 0.165. The Balaban J connectivity index is 1.24. The molecule has 0 fully saturated rings. The number of aromatic nitrogens is 6. The maximum Gasteiger partial charge on any atom is 0.174 e. The van der Waals surface area contributed by atoms with Gasteiger partial charge in [-0.1, -0.05) is 0 Å². The van der Waals surface area contributed by atoms with E-state index in [2.05, 4.69) is 159 Å². The van der Waals surface area contributed by atoms with Crippen molar-refractivity contribution >= 4 is 0 Å². The van der Waals surface area contributed by atoms with Crippen LogP contribution in [0.25, 0.3) is 33.4 Å². The summed E-state index contributed by atoms with van der Waals surface area (Å²) in [5, 5.41) is 0. The third-order valence-electron chi connectivity index (χ3n) is 9.45. The van der Waals surface area contributed by atoms with Crippen molar-refractivity contribution < 1.29 is 13.7 Å². The minimum absolute atomic E-state index is 0.797. The Morgan fingerprint density at radius 3 is 0.771 bits per heavy atom. The first-order valence-corrected chi connectivity index (χ1v) is 16.3. The number of hydrogen-bond donors (Lipinski definition) is 0. The van der Waals surface area contributed by atoms with E-state index in [1.165, 1.54) is 66.8 Å². The van der Waals surface area contributed by atoms with Crippen molar-refractivity contribution in [3.63, 3.8) is 0 Å². The van der Waals surface area contributed by atoms with E-state index < -0.39 is 0 Å². The molecule has 0 N–H and O–H groups in total. The number of rotatable bonds is 9. The summed E-state index contributed by atoms with van der Waals surface area (Å²) >= 11 is 0. The predicted molar refractivity (Wildman–Crippen MR) is 188 cm³/mol. The van der Waals surface area contributed by atoms with Crippen molar-refractivity contribution in [2.24, 2.45) is 0 Å². The van der Waals surface area contributed by atoms with Crippen LogP contribution in [0.15, 0.2) is 147 Å². The molecule has 0 spiro atoms. The lowest BCUT2D eigenvalue weighted by atomic mass is 9.87. The van der Waals surface area contributed by atoms with Gasteiger partial charge in [-0.05, 0) is 107 Å². The van der Waals surface area contributed by atoms with E-state index >= 15 is 0 Å². The maximum atomic E-state index is 4.17. The van der Waals surface area contributed by atoms with Crippen molar-refractivity contribution in [2.45, 2.75) is 40.4 Å². The van der Waals surface area contributed by atoms with Gasteiger partial charge in [0.15, 0.2) is 56.8 Å². The molecule has 6 heterocycles. The highest BCUT2D eigenvalue weighted by Gasteiger charge is 2.24. The molecular weight excluding hydrogens is 589 g/mol. The summed E-state index contributed by atoms with van der Waals surface area (Å²) in [6.07, 6.45) is 24.2. The van der Waals surface area contributed by atoms with Gasteiger partial charge in [0.1, 0.15) is 0 Å². The molecule has 6 aromatic heterocycles. The summed E-state index contributed by atoms with van der Waals surface area (Å²) < 4.78 is 6.86. The lowest BCUT2D eigenvalue weighted by Crippen LogP contribution is -2.38. The van der Waals surface area contributed by atoms with Gasteiger partial charge in [-0.2, -0.15) is 0 Å². The monoisotopic (exact) mass is 627 g/mol. The molecule has 0 aliphatic heterocycles. The third-order valence-corrected chi connectivity index (χ3v) is 9.45. The topological polar surface area (TPSA) is 50.3 Å². The second kappa shape index (κ2) is 13.9. The van der Waals surface area contributed by atoms with E-state index in [0.717, 1.165) is 19.6 Å². The molecule has 0 saturated heterocycles. The van der Waals surface area contributed by atoms with E-state index in [-0.39, 0.29) is 0 Å². The Labute approximate surface area is 282 Å². The van der Waals surface area contributed by atoms with Crippen LogP contribution in [-0.4, -0.2) is 15.0 Å². The average Bonchev–Trinajstić information content (AvgIpc) is 3.15. The van der Waals surface area contributed by atoms with Crippen LogP contribution in [0.1, 0.15) is 33.4 Å². The number of benzene rings is 1. The number of pyridine rings is 6. The summed E-state index contributed by atoms with van der Waals surface area (Å²) in [5.41, 5.74) is 15.2. The van der Waals surface area contributed by atoms with Crippen LogP contribution in [0.3, 0.4) is 0 Å². The number of hydrogen-bond acceptors (Lipinski definition) is 3. The maximum absolute atomic E-state index is 4.17. The van der Waals surface area contributed by atoms with E-state index in [1.807, 2.05) is 37.2 Å². The van der Waals surface area contributed by atoms with Gasteiger partial charge >= 0.3 is 0 Å². The second-order valence-corrected chi connectivity index (χ2v) is 12.3. The zero-order valence-corrected chi connectivity index (χ0v) is 27.7. The van der Waals surface area contributed by atoms with Gasteiger partial charge in [-0.3, -0.25) is 15.0 Å². The Hall–Kier alpha value is -5.88. The summed E-state index contributed by atoms with van der Waals surface area (Å²) in [6.45, 7) is 9.28. The van der Waals surface area contributed by atoms with Crippen LogP contribution in [0.2, 0.25) is 0 Å². The second-order valence-electron chi connectivity index (χ2n) is 12.3. The van der Waals surface area contributed by atoms with Crippen LogP contribution in [0.5, 0.6) is 0 Å². The highest BCUT2D eigenvalue weighted by molar-refractivity contribution is 5.63. The zero-order chi connectivity index (χ0) is 32.9. The van der Waals surface area contributed by atoms with Crippen molar-refractivity contribution in [2.75, 3.05) is 0 Å². The van der Waals surface area contributed by atoms with Crippen LogP contribution < -0.4 is 13.7 Å². The SMILES string of the molecule is Cc1c(C[n+]2ccc(-c3ccncc3)cc2)c(C)c(C[n+]2ccc(-c3ccncc3)cc2)c(C)c1C[n+]1ccc(-c2ccncc2)cc1. The molecule has 6 heteroatoms. The minimum atomic E-state index is 0.797.